The number of alkyl halides is 3. The number of amides is 1. The number of carbonyl (C=O) groups is 1. The molecule has 2 bridgehead atoms. The highest BCUT2D eigenvalue weighted by atomic mass is 28.4. The van der Waals surface area contributed by atoms with Gasteiger partial charge in [0.25, 0.3) is 0 Å². The van der Waals surface area contributed by atoms with Crippen molar-refractivity contribution in [1.29, 1.82) is 5.26 Å². The van der Waals surface area contributed by atoms with Crippen LogP contribution >= 0.6 is 0 Å². The van der Waals surface area contributed by atoms with Gasteiger partial charge in [-0.05, 0) is 36.3 Å². The van der Waals surface area contributed by atoms with Gasteiger partial charge in [-0.25, -0.2) is 0 Å². The number of anilines is 1. The van der Waals surface area contributed by atoms with E-state index in [1.807, 2.05) is 0 Å². The number of benzene rings is 1. The van der Waals surface area contributed by atoms with E-state index in [2.05, 4.69) is 33.9 Å². The molecule has 7 nitrogen and oxygen atoms in total. The van der Waals surface area contributed by atoms with Crippen LogP contribution in [0.2, 0.25) is 18.1 Å². The average molecular weight is 525 g/mol. The van der Waals surface area contributed by atoms with Crippen LogP contribution in [0.4, 0.5) is 18.9 Å². The fraction of sp³-hybridized carbons (Fsp3) is 0.680. The molecule has 36 heavy (non-hydrogen) atoms. The topological polar surface area (TPSA) is 92.0 Å². The molecule has 4 heterocycles. The van der Waals surface area contributed by atoms with Crippen LogP contribution in [0.5, 0.6) is 0 Å². The van der Waals surface area contributed by atoms with Gasteiger partial charge in [-0.15, -0.1) is 0 Å². The lowest BCUT2D eigenvalue weighted by Gasteiger charge is -2.46. The molecule has 4 saturated heterocycles. The number of rotatable bonds is 4. The van der Waals surface area contributed by atoms with Crippen LogP contribution in [0, 0.1) is 23.2 Å². The molecular formula is C25H31F3N2O5Si. The Morgan fingerprint density at radius 3 is 2.58 bits per heavy atom. The first-order valence-corrected chi connectivity index (χ1v) is 15.1. The zero-order valence-electron chi connectivity index (χ0n) is 21.0. The Hall–Kier alpha value is -1.97. The SMILES string of the molecule is CC(C)(C)[Si](C)(C)O[C@H]1C[C@@]23CCO[C@H]4[C@@H]2[C@H](C(=O)N4c2ccc(C#N)c(C(F)(F)F)c2)[C@]1(CO)O3. The molecular weight excluding hydrogens is 493 g/mol. The first-order chi connectivity index (χ1) is 16.6. The minimum atomic E-state index is -4.76. The van der Waals surface area contributed by atoms with E-state index in [1.54, 1.807) is 6.07 Å². The predicted octanol–water partition coefficient (Wildman–Crippen LogP) is 4.20. The maximum atomic E-state index is 14.0. The molecule has 0 aliphatic carbocycles. The lowest BCUT2D eigenvalue weighted by atomic mass is 9.64. The van der Waals surface area contributed by atoms with Gasteiger partial charge >= 0.3 is 6.18 Å². The number of carbonyl (C=O) groups excluding carboxylic acids is 1. The summed E-state index contributed by atoms with van der Waals surface area (Å²) in [4.78, 5) is 15.2. The molecule has 4 aliphatic rings. The van der Waals surface area contributed by atoms with E-state index < -0.39 is 73.5 Å². The number of hydrogen-bond donors (Lipinski definition) is 1. The molecule has 11 heteroatoms. The summed E-state index contributed by atoms with van der Waals surface area (Å²) < 4.78 is 60.3. The summed E-state index contributed by atoms with van der Waals surface area (Å²) in [6, 6.07) is 4.83. The normalized spacial score (nSPS) is 35.8. The third-order valence-electron chi connectivity index (χ3n) is 9.04. The Morgan fingerprint density at radius 1 is 1.31 bits per heavy atom. The first kappa shape index (κ1) is 25.7. The smallest absolute Gasteiger partial charge is 0.411 e. The van der Waals surface area contributed by atoms with Gasteiger partial charge in [0.1, 0.15) is 11.8 Å². The summed E-state index contributed by atoms with van der Waals surface area (Å²) in [5, 5.41) is 19.8. The van der Waals surface area contributed by atoms with Crippen LogP contribution in [0.15, 0.2) is 18.2 Å². The standard InChI is InChI=1S/C25H31F3N2O5Si/c1-22(2,3)36(4,5)34-17-11-23-8-9-33-21-19(23)18(24(17,13-31)35-23)20(32)30(21)15-7-6-14(12-29)16(10-15)25(26,27)28/h6-7,10,17-19,21,31H,8-9,11,13H2,1-5H3/t17-,18+,19-,21-,23-,24+/m0/s1. The minimum Gasteiger partial charge on any atom is -0.411 e. The van der Waals surface area contributed by atoms with Crippen molar-refractivity contribution in [2.24, 2.45) is 11.8 Å². The third-order valence-corrected chi connectivity index (χ3v) is 13.5. The average Bonchev–Trinajstić information content (AvgIpc) is 3.37. The maximum absolute atomic E-state index is 14.0. The van der Waals surface area contributed by atoms with Crippen molar-refractivity contribution in [2.75, 3.05) is 18.1 Å². The lowest BCUT2D eigenvalue weighted by Crippen LogP contribution is -2.59. The van der Waals surface area contributed by atoms with Crippen molar-refractivity contribution in [1.82, 2.24) is 0 Å². The van der Waals surface area contributed by atoms with Crippen LogP contribution in [-0.4, -0.2) is 56.1 Å². The largest absolute Gasteiger partial charge is 0.417 e. The third kappa shape index (κ3) is 3.34. The monoisotopic (exact) mass is 524 g/mol. The second-order valence-corrected chi connectivity index (χ2v) is 16.7. The fourth-order valence-corrected chi connectivity index (χ4v) is 7.66. The van der Waals surface area contributed by atoms with Gasteiger partial charge in [0.2, 0.25) is 5.91 Å². The number of aliphatic hydroxyl groups excluding tert-OH is 1. The Balaban J connectivity index is 1.58. The second kappa shape index (κ2) is 7.77. The van der Waals surface area contributed by atoms with E-state index in [0.29, 0.717) is 12.8 Å². The van der Waals surface area contributed by atoms with Crippen molar-refractivity contribution in [3.63, 3.8) is 0 Å². The molecule has 5 rings (SSSR count). The number of nitriles is 1. The van der Waals surface area contributed by atoms with E-state index in [-0.39, 0.29) is 17.3 Å². The predicted molar refractivity (Wildman–Crippen MR) is 125 cm³/mol. The van der Waals surface area contributed by atoms with E-state index in [0.717, 1.165) is 12.1 Å². The molecule has 4 fully saturated rings. The number of ether oxygens (including phenoxy) is 2. The second-order valence-electron chi connectivity index (χ2n) is 11.9. The van der Waals surface area contributed by atoms with E-state index >= 15 is 0 Å². The number of fused-ring (bicyclic) bond motifs is 2. The minimum absolute atomic E-state index is 0.0112. The molecule has 196 valence electrons. The molecule has 4 aliphatic heterocycles. The van der Waals surface area contributed by atoms with Gasteiger partial charge in [-0.3, -0.25) is 9.69 Å². The Labute approximate surface area is 209 Å². The van der Waals surface area contributed by atoms with Crippen molar-refractivity contribution >= 4 is 19.9 Å². The molecule has 1 aromatic carbocycles. The molecule has 0 radical (unpaired) electrons. The van der Waals surface area contributed by atoms with Crippen LogP contribution < -0.4 is 4.90 Å². The lowest BCUT2D eigenvalue weighted by molar-refractivity contribution is -0.154. The summed E-state index contributed by atoms with van der Waals surface area (Å²) in [5.41, 5.74) is -3.67. The van der Waals surface area contributed by atoms with Gasteiger partial charge in [-0.2, -0.15) is 18.4 Å². The molecule has 1 spiro atoms. The van der Waals surface area contributed by atoms with E-state index in [4.69, 9.17) is 13.9 Å². The molecule has 0 unspecified atom stereocenters. The van der Waals surface area contributed by atoms with Gasteiger partial charge in [0, 0.05) is 24.4 Å². The van der Waals surface area contributed by atoms with Crippen LogP contribution in [-0.2, 0) is 24.9 Å². The van der Waals surface area contributed by atoms with E-state index in [1.165, 1.54) is 11.0 Å². The number of nitrogens with zero attached hydrogens (tertiary/aromatic N) is 2. The summed E-state index contributed by atoms with van der Waals surface area (Å²) in [6.45, 7) is 10.3. The summed E-state index contributed by atoms with van der Waals surface area (Å²) >= 11 is 0. The Bertz CT molecular complexity index is 1150. The van der Waals surface area contributed by atoms with E-state index in [9.17, 15) is 28.3 Å². The number of hydrogen-bond acceptors (Lipinski definition) is 6. The van der Waals surface area contributed by atoms with Crippen molar-refractivity contribution in [3.05, 3.63) is 29.3 Å². The zero-order chi connectivity index (χ0) is 26.5. The fourth-order valence-electron chi connectivity index (χ4n) is 6.32. The van der Waals surface area contributed by atoms with Crippen molar-refractivity contribution in [2.45, 2.75) is 81.5 Å². The highest BCUT2D eigenvalue weighted by molar-refractivity contribution is 6.74. The molecule has 1 amide bonds. The highest BCUT2D eigenvalue weighted by Gasteiger charge is 2.80. The first-order valence-electron chi connectivity index (χ1n) is 12.2. The quantitative estimate of drug-likeness (QED) is 0.594. The summed E-state index contributed by atoms with van der Waals surface area (Å²) in [6.07, 6.45) is -5.10. The molecule has 1 aromatic rings. The van der Waals surface area contributed by atoms with Gasteiger partial charge in [0.05, 0.1) is 48.0 Å². The molecule has 0 saturated carbocycles. The Kier molecular flexibility index (Phi) is 5.54. The number of aliphatic hydroxyl groups is 1. The molecule has 0 aromatic heterocycles. The van der Waals surface area contributed by atoms with Crippen LogP contribution in [0.25, 0.3) is 0 Å². The van der Waals surface area contributed by atoms with Gasteiger partial charge < -0.3 is 19.0 Å². The van der Waals surface area contributed by atoms with Gasteiger partial charge in [0.15, 0.2) is 8.32 Å². The van der Waals surface area contributed by atoms with Gasteiger partial charge in [-0.1, -0.05) is 20.8 Å². The summed E-state index contributed by atoms with van der Waals surface area (Å²) in [5.74, 6) is -1.72. The van der Waals surface area contributed by atoms with Crippen LogP contribution in [0.3, 0.4) is 0 Å². The zero-order valence-corrected chi connectivity index (χ0v) is 22.0. The molecule has 1 N–H and O–H groups in total. The van der Waals surface area contributed by atoms with Crippen LogP contribution in [0.1, 0.15) is 44.7 Å². The van der Waals surface area contributed by atoms with Crippen molar-refractivity contribution < 1.29 is 37.0 Å². The summed E-state index contributed by atoms with van der Waals surface area (Å²) in [7, 11) is -2.30. The maximum Gasteiger partial charge on any atom is 0.417 e. The van der Waals surface area contributed by atoms with Crippen molar-refractivity contribution in [3.8, 4) is 6.07 Å². The molecule has 6 atom stereocenters. The highest BCUT2D eigenvalue weighted by Crippen LogP contribution is 2.66. The number of halogens is 3. The Morgan fingerprint density at radius 2 is 2.00 bits per heavy atom.